The van der Waals surface area contributed by atoms with E-state index in [0.717, 1.165) is 17.0 Å². The number of fused-ring (bicyclic) bond motifs is 1. The fraction of sp³-hybridized carbons (Fsp3) is 0.385. The van der Waals surface area contributed by atoms with Crippen molar-refractivity contribution in [1.82, 2.24) is 4.57 Å². The van der Waals surface area contributed by atoms with Crippen molar-refractivity contribution >= 4 is 22.5 Å². The maximum absolute atomic E-state index is 6.15. The molecule has 0 unspecified atom stereocenters. The molecule has 1 aromatic heterocycles. The summed E-state index contributed by atoms with van der Waals surface area (Å²) in [6.07, 6.45) is 4.39. The van der Waals surface area contributed by atoms with Gasteiger partial charge in [-0.3, -0.25) is 0 Å². The van der Waals surface area contributed by atoms with Crippen molar-refractivity contribution in [3.05, 3.63) is 35.0 Å². The number of benzene rings is 1. The normalized spacial score (nSPS) is 17.9. The number of rotatable bonds is 2. The predicted molar refractivity (Wildman–Crippen MR) is 67.9 cm³/mol. The number of aromatic nitrogens is 1. The smallest absolute Gasteiger partial charge is 0.0661 e. The zero-order valence-corrected chi connectivity index (χ0v) is 10.1. The van der Waals surface area contributed by atoms with E-state index < -0.39 is 0 Å². The molecular formula is C13H15ClN2. The molecule has 1 heterocycles. The summed E-state index contributed by atoms with van der Waals surface area (Å²) in [4.78, 5) is 0. The molecule has 0 spiro atoms. The number of hydrogen-bond acceptors (Lipinski definition) is 1. The number of aryl methyl sites for hydroxylation is 1. The van der Waals surface area contributed by atoms with Gasteiger partial charge in [0.25, 0.3) is 0 Å². The summed E-state index contributed by atoms with van der Waals surface area (Å²) >= 11 is 6.15. The zero-order chi connectivity index (χ0) is 11.3. The molecule has 1 fully saturated rings. The Bertz CT molecular complexity index is 552. The van der Waals surface area contributed by atoms with Gasteiger partial charge in [0.1, 0.15) is 0 Å². The Labute approximate surface area is 100.0 Å². The lowest BCUT2D eigenvalue weighted by Gasteiger charge is -2.13. The molecule has 1 aliphatic carbocycles. The summed E-state index contributed by atoms with van der Waals surface area (Å²) in [5.41, 5.74) is 8.67. The van der Waals surface area contributed by atoms with E-state index in [2.05, 4.69) is 22.8 Å². The highest BCUT2D eigenvalue weighted by molar-refractivity contribution is 6.35. The maximum atomic E-state index is 6.15. The maximum Gasteiger partial charge on any atom is 0.0661 e. The van der Waals surface area contributed by atoms with E-state index >= 15 is 0 Å². The standard InChI is InChI=1S/C13H15ClN2/c1-16-7-11(14)10-3-2-9(6-12(10)16)13(8-15)4-5-13/h2-3,6-7H,4-5,8,15H2,1H3. The van der Waals surface area contributed by atoms with Gasteiger partial charge in [-0.05, 0) is 24.5 Å². The van der Waals surface area contributed by atoms with E-state index in [1.807, 2.05) is 13.2 Å². The van der Waals surface area contributed by atoms with Crippen LogP contribution >= 0.6 is 11.6 Å². The van der Waals surface area contributed by atoms with Gasteiger partial charge < -0.3 is 10.3 Å². The van der Waals surface area contributed by atoms with Gasteiger partial charge >= 0.3 is 0 Å². The lowest BCUT2D eigenvalue weighted by atomic mass is 9.95. The molecule has 2 nitrogen and oxygen atoms in total. The van der Waals surface area contributed by atoms with Crippen molar-refractivity contribution in [3.8, 4) is 0 Å². The van der Waals surface area contributed by atoms with Crippen LogP contribution in [-0.4, -0.2) is 11.1 Å². The molecule has 0 aliphatic heterocycles. The van der Waals surface area contributed by atoms with E-state index in [1.165, 1.54) is 23.9 Å². The van der Waals surface area contributed by atoms with Crippen LogP contribution in [0.3, 0.4) is 0 Å². The minimum Gasteiger partial charge on any atom is -0.349 e. The fourth-order valence-corrected chi connectivity index (χ4v) is 2.73. The average molecular weight is 235 g/mol. The molecule has 2 N–H and O–H groups in total. The molecule has 0 atom stereocenters. The fourth-order valence-electron chi connectivity index (χ4n) is 2.43. The van der Waals surface area contributed by atoms with E-state index in [0.29, 0.717) is 0 Å². The summed E-state index contributed by atoms with van der Waals surface area (Å²) in [5.74, 6) is 0. The van der Waals surface area contributed by atoms with Crippen LogP contribution in [0.2, 0.25) is 5.02 Å². The van der Waals surface area contributed by atoms with Crippen molar-refractivity contribution in [2.24, 2.45) is 12.8 Å². The summed E-state index contributed by atoms with van der Waals surface area (Å²) < 4.78 is 2.08. The van der Waals surface area contributed by atoms with Gasteiger partial charge in [0, 0.05) is 36.1 Å². The van der Waals surface area contributed by atoms with Crippen LogP contribution in [0.5, 0.6) is 0 Å². The van der Waals surface area contributed by atoms with Crippen LogP contribution in [0.25, 0.3) is 10.9 Å². The quantitative estimate of drug-likeness (QED) is 0.851. The summed E-state index contributed by atoms with van der Waals surface area (Å²) in [6.45, 7) is 0.747. The van der Waals surface area contributed by atoms with Gasteiger partial charge in [-0.25, -0.2) is 0 Å². The molecule has 0 bridgehead atoms. The van der Waals surface area contributed by atoms with E-state index in [4.69, 9.17) is 17.3 Å². The van der Waals surface area contributed by atoms with E-state index in [9.17, 15) is 0 Å². The van der Waals surface area contributed by atoms with Gasteiger partial charge in [-0.15, -0.1) is 0 Å². The van der Waals surface area contributed by atoms with Crippen molar-refractivity contribution in [1.29, 1.82) is 0 Å². The molecule has 1 saturated carbocycles. The van der Waals surface area contributed by atoms with Crippen molar-refractivity contribution in [2.45, 2.75) is 18.3 Å². The van der Waals surface area contributed by atoms with Gasteiger partial charge in [-0.1, -0.05) is 23.7 Å². The molecule has 0 radical (unpaired) electrons. The Morgan fingerprint density at radius 2 is 2.19 bits per heavy atom. The molecule has 3 rings (SSSR count). The summed E-state index contributed by atoms with van der Waals surface area (Å²) in [5, 5.41) is 1.95. The zero-order valence-electron chi connectivity index (χ0n) is 9.33. The summed E-state index contributed by atoms with van der Waals surface area (Å²) in [7, 11) is 2.03. The molecule has 84 valence electrons. The van der Waals surface area contributed by atoms with Gasteiger partial charge in [0.05, 0.1) is 5.02 Å². The number of halogens is 1. The summed E-state index contributed by atoms with van der Waals surface area (Å²) in [6, 6.07) is 6.53. The van der Waals surface area contributed by atoms with Crippen molar-refractivity contribution in [2.75, 3.05) is 6.54 Å². The van der Waals surface area contributed by atoms with E-state index in [1.54, 1.807) is 0 Å². The molecular weight excluding hydrogens is 220 g/mol. The first-order chi connectivity index (χ1) is 7.66. The molecule has 0 amide bonds. The predicted octanol–water partition coefficient (Wildman–Crippen LogP) is 2.82. The number of nitrogens with two attached hydrogens (primary N) is 1. The van der Waals surface area contributed by atoms with Gasteiger partial charge in [0.2, 0.25) is 0 Å². The first-order valence-corrected chi connectivity index (χ1v) is 5.99. The highest BCUT2D eigenvalue weighted by Gasteiger charge is 2.42. The van der Waals surface area contributed by atoms with Crippen LogP contribution < -0.4 is 5.73 Å². The van der Waals surface area contributed by atoms with Crippen LogP contribution in [0.1, 0.15) is 18.4 Å². The third kappa shape index (κ3) is 1.30. The lowest BCUT2D eigenvalue weighted by molar-refractivity contribution is 0.705. The van der Waals surface area contributed by atoms with Gasteiger partial charge in [0.15, 0.2) is 0 Å². The minimum atomic E-state index is 0.255. The SMILES string of the molecule is Cn1cc(Cl)c2ccc(C3(CN)CC3)cc21. The second kappa shape index (κ2) is 3.25. The highest BCUT2D eigenvalue weighted by atomic mass is 35.5. The highest BCUT2D eigenvalue weighted by Crippen LogP contribution is 2.48. The van der Waals surface area contributed by atoms with E-state index in [-0.39, 0.29) is 5.41 Å². The Balaban J connectivity index is 2.19. The molecule has 1 aromatic carbocycles. The Morgan fingerprint density at radius 1 is 1.44 bits per heavy atom. The first kappa shape index (κ1) is 10.2. The molecule has 16 heavy (non-hydrogen) atoms. The second-order valence-corrected chi connectivity index (χ2v) is 5.21. The minimum absolute atomic E-state index is 0.255. The Hall–Kier alpha value is -0.990. The molecule has 3 heteroatoms. The van der Waals surface area contributed by atoms with Crippen LogP contribution in [0, 0.1) is 0 Å². The Kier molecular flexibility index (Phi) is 2.07. The molecule has 1 aliphatic rings. The van der Waals surface area contributed by atoms with Crippen LogP contribution in [0.15, 0.2) is 24.4 Å². The second-order valence-electron chi connectivity index (χ2n) is 4.80. The van der Waals surface area contributed by atoms with Crippen LogP contribution in [0.4, 0.5) is 0 Å². The van der Waals surface area contributed by atoms with Gasteiger partial charge in [-0.2, -0.15) is 0 Å². The average Bonchev–Trinajstić information content (AvgIpc) is 3.04. The van der Waals surface area contributed by atoms with Crippen molar-refractivity contribution < 1.29 is 0 Å². The Morgan fingerprint density at radius 3 is 2.81 bits per heavy atom. The monoisotopic (exact) mass is 234 g/mol. The first-order valence-electron chi connectivity index (χ1n) is 5.61. The third-order valence-corrected chi connectivity index (χ3v) is 4.10. The number of hydrogen-bond donors (Lipinski definition) is 1. The largest absolute Gasteiger partial charge is 0.349 e. The number of nitrogens with zero attached hydrogens (tertiary/aromatic N) is 1. The molecule has 0 saturated heterocycles. The topological polar surface area (TPSA) is 30.9 Å². The molecule has 2 aromatic rings. The third-order valence-electron chi connectivity index (χ3n) is 3.80. The van der Waals surface area contributed by atoms with Crippen molar-refractivity contribution in [3.63, 3.8) is 0 Å². The lowest BCUT2D eigenvalue weighted by Crippen LogP contribution is -2.19. The van der Waals surface area contributed by atoms with Crippen LogP contribution in [-0.2, 0) is 12.5 Å².